The van der Waals surface area contributed by atoms with Gasteiger partial charge in [0.15, 0.2) is 0 Å². The number of nitrogens with zero attached hydrogens (tertiary/aromatic N) is 1. The molecule has 0 saturated carbocycles. The second-order valence-corrected chi connectivity index (χ2v) is 11.0. The van der Waals surface area contributed by atoms with Crippen LogP contribution in [0.2, 0.25) is 0 Å². The van der Waals surface area contributed by atoms with Crippen LogP contribution in [0.3, 0.4) is 0 Å². The Hall–Kier alpha value is -4.53. The molecule has 0 spiro atoms. The van der Waals surface area contributed by atoms with E-state index >= 15 is 0 Å². The van der Waals surface area contributed by atoms with Crippen LogP contribution in [-0.2, 0) is 17.6 Å². The van der Waals surface area contributed by atoms with Crippen molar-refractivity contribution in [2.24, 2.45) is 5.73 Å². The average Bonchev–Trinajstić information content (AvgIpc) is 3.06. The first-order chi connectivity index (χ1) is 21.6. The van der Waals surface area contributed by atoms with Crippen molar-refractivity contribution < 1.29 is 23.8 Å². The van der Waals surface area contributed by atoms with Crippen LogP contribution < -0.4 is 25.3 Å². The van der Waals surface area contributed by atoms with E-state index in [-0.39, 0.29) is 30.3 Å². The van der Waals surface area contributed by atoms with Gasteiger partial charge in [0.05, 0.1) is 12.6 Å². The zero-order chi connectivity index (χ0) is 30.3. The molecule has 9 rings (SSSR count). The summed E-state index contributed by atoms with van der Waals surface area (Å²) in [6.45, 7) is 2.32. The van der Waals surface area contributed by atoms with Crippen molar-refractivity contribution >= 4 is 24.2 Å². The van der Waals surface area contributed by atoms with Crippen molar-refractivity contribution in [1.29, 1.82) is 0 Å². The normalized spacial score (nSPS) is 16.3. The molecule has 1 unspecified atom stereocenters. The van der Waals surface area contributed by atoms with Gasteiger partial charge in [-0.3, -0.25) is 9.59 Å². The highest BCUT2D eigenvalue weighted by atomic mass is 35.5. The van der Waals surface area contributed by atoms with E-state index in [1.54, 1.807) is 6.07 Å². The molecule has 5 heterocycles. The minimum absolute atomic E-state index is 0. The quantitative estimate of drug-likeness (QED) is 0.294. The highest BCUT2D eigenvalue weighted by molar-refractivity contribution is 5.95. The number of nitrogens with two attached hydrogens (primary N) is 1. The Morgan fingerprint density at radius 2 is 1.73 bits per heavy atom. The Balaban J connectivity index is 0.00000400. The van der Waals surface area contributed by atoms with Crippen molar-refractivity contribution in [3.8, 4) is 23.0 Å². The first-order valence-electron chi connectivity index (χ1n) is 15.2. The minimum Gasteiger partial charge on any atom is -0.494 e. The monoisotopic (exact) mass is 627 g/mol. The number of rotatable bonds is 4. The zero-order valence-corrected chi connectivity index (χ0v) is 25.9. The third-order valence-corrected chi connectivity index (χ3v) is 7.96. The number of nitrogens with one attached hydrogen (secondary N) is 1. The molecule has 4 aromatic carbocycles. The van der Waals surface area contributed by atoms with Crippen LogP contribution in [0.4, 0.5) is 0 Å². The molecule has 0 aliphatic carbocycles. The Kier molecular flexibility index (Phi) is 10.6. The second-order valence-electron chi connectivity index (χ2n) is 11.0. The van der Waals surface area contributed by atoms with Crippen LogP contribution in [-0.4, -0.2) is 49.6 Å². The number of halogens is 1. The Bertz CT molecular complexity index is 1630. The molecule has 0 aromatic heterocycles. The van der Waals surface area contributed by atoms with Gasteiger partial charge in [-0.1, -0.05) is 36.4 Å². The lowest BCUT2D eigenvalue weighted by atomic mass is 9.87. The van der Waals surface area contributed by atoms with Crippen molar-refractivity contribution in [1.82, 2.24) is 10.2 Å². The number of carbonyl (C=O) groups excluding carboxylic acids is 2. The first-order valence-corrected chi connectivity index (χ1v) is 15.2. The lowest BCUT2D eigenvalue weighted by molar-refractivity contribution is -0.121. The van der Waals surface area contributed by atoms with Gasteiger partial charge in [0.25, 0.3) is 5.91 Å². The number of aryl methyl sites for hydroxylation is 1. The van der Waals surface area contributed by atoms with Crippen molar-refractivity contribution in [3.05, 3.63) is 119 Å². The van der Waals surface area contributed by atoms with E-state index in [9.17, 15) is 9.59 Å². The molecule has 0 saturated heterocycles. The lowest BCUT2D eigenvalue weighted by Gasteiger charge is -2.38. The summed E-state index contributed by atoms with van der Waals surface area (Å²) < 4.78 is 18.0. The summed E-state index contributed by atoms with van der Waals surface area (Å²) in [5.41, 5.74) is 10.4. The van der Waals surface area contributed by atoms with Crippen LogP contribution in [0, 0.1) is 0 Å². The van der Waals surface area contributed by atoms with Gasteiger partial charge in [-0.2, -0.15) is 0 Å². The molecule has 1 atom stereocenters. The van der Waals surface area contributed by atoms with Gasteiger partial charge in [0, 0.05) is 31.6 Å². The molecular weight excluding hydrogens is 590 g/mol. The van der Waals surface area contributed by atoms with Crippen molar-refractivity contribution in [3.63, 3.8) is 0 Å². The van der Waals surface area contributed by atoms with Gasteiger partial charge in [-0.05, 0) is 96.1 Å². The van der Waals surface area contributed by atoms with Crippen LogP contribution in [0.1, 0.15) is 51.5 Å². The Morgan fingerprint density at radius 3 is 2.58 bits per heavy atom. The van der Waals surface area contributed by atoms with Crippen LogP contribution >= 0.6 is 12.4 Å². The summed E-state index contributed by atoms with van der Waals surface area (Å²) in [6, 6.07) is 28.8. The first kappa shape index (κ1) is 31.9. The number of benzene rings is 4. The topological polar surface area (TPSA) is 103 Å². The van der Waals surface area contributed by atoms with Gasteiger partial charge in [0.2, 0.25) is 5.91 Å². The van der Waals surface area contributed by atoms with Crippen molar-refractivity contribution in [2.45, 2.75) is 31.7 Å². The molecule has 4 aromatic rings. The number of hydrogen-bond acceptors (Lipinski definition) is 6. The highest BCUT2D eigenvalue weighted by Crippen LogP contribution is 2.39. The number of carbonyl (C=O) groups is 2. The van der Waals surface area contributed by atoms with Gasteiger partial charge < -0.3 is 30.2 Å². The standard InChI is InChI=1S/C36H37N3O5.ClH/c37-17-21-43-31-7-2-5-28(24-31)36(41)39-19-16-26-22-32-13-14-33(26)35(39)27-4-1-6-30(23-27)42-20-3-18-38-34(40)15-10-25-8-11-29(44-32)12-9-25;/h1-2,4-9,11-14,22-24,35H,3,10,15-21,37H2,(H,38,40);1H. The zero-order valence-electron chi connectivity index (χ0n) is 25.1. The van der Waals surface area contributed by atoms with E-state index < -0.39 is 0 Å². The summed E-state index contributed by atoms with van der Waals surface area (Å²) in [7, 11) is 0. The minimum atomic E-state index is -0.329. The van der Waals surface area contributed by atoms with E-state index in [0.29, 0.717) is 69.8 Å². The van der Waals surface area contributed by atoms with E-state index in [1.165, 1.54) is 0 Å². The average molecular weight is 628 g/mol. The predicted octanol–water partition coefficient (Wildman–Crippen LogP) is 5.86. The molecular formula is C36H38ClN3O5. The van der Waals surface area contributed by atoms with E-state index in [4.69, 9.17) is 19.9 Å². The summed E-state index contributed by atoms with van der Waals surface area (Å²) in [6.07, 6.45) is 2.46. The van der Waals surface area contributed by atoms with E-state index in [1.807, 2.05) is 77.7 Å². The molecule has 9 heteroatoms. The van der Waals surface area contributed by atoms with Gasteiger partial charge in [0.1, 0.15) is 29.6 Å². The van der Waals surface area contributed by atoms with Crippen LogP contribution in [0.5, 0.6) is 23.0 Å². The Morgan fingerprint density at radius 1 is 0.911 bits per heavy atom. The second kappa shape index (κ2) is 15.0. The fraction of sp³-hybridized carbons (Fsp3) is 0.278. The van der Waals surface area contributed by atoms with Gasteiger partial charge in [-0.25, -0.2) is 0 Å². The molecule has 45 heavy (non-hydrogen) atoms. The maximum absolute atomic E-state index is 14.1. The maximum atomic E-state index is 14.1. The number of amides is 2. The number of hydrogen-bond donors (Lipinski definition) is 2. The summed E-state index contributed by atoms with van der Waals surface area (Å²) in [5, 5.41) is 2.98. The molecule has 5 aliphatic heterocycles. The molecule has 0 radical (unpaired) electrons. The third-order valence-electron chi connectivity index (χ3n) is 7.96. The largest absolute Gasteiger partial charge is 0.494 e. The summed E-state index contributed by atoms with van der Waals surface area (Å²) >= 11 is 0. The fourth-order valence-electron chi connectivity index (χ4n) is 5.78. The Labute approximate surface area is 269 Å². The molecule has 0 fully saturated rings. The predicted molar refractivity (Wildman–Crippen MR) is 176 cm³/mol. The van der Waals surface area contributed by atoms with Crippen molar-refractivity contribution in [2.75, 3.05) is 32.8 Å². The molecule has 5 aliphatic rings. The molecule has 3 N–H and O–H groups in total. The SMILES string of the molecule is Cl.NCCOc1cccc(C(=O)N2CCc3cc4ccc3C2c2cccc(c2)OCCCNC(=O)CCc2ccc(cc2)O4)c1. The number of ether oxygens (including phenoxy) is 3. The summed E-state index contributed by atoms with van der Waals surface area (Å²) in [4.78, 5) is 28.4. The smallest absolute Gasteiger partial charge is 0.254 e. The van der Waals surface area contributed by atoms with Gasteiger partial charge >= 0.3 is 0 Å². The molecule has 8 nitrogen and oxygen atoms in total. The van der Waals surface area contributed by atoms with Gasteiger partial charge in [-0.15, -0.1) is 12.4 Å². The van der Waals surface area contributed by atoms with E-state index in [2.05, 4.69) is 17.4 Å². The molecule has 2 amide bonds. The van der Waals surface area contributed by atoms with Crippen LogP contribution in [0.25, 0.3) is 0 Å². The fourth-order valence-corrected chi connectivity index (χ4v) is 5.78. The molecule has 234 valence electrons. The summed E-state index contributed by atoms with van der Waals surface area (Å²) in [5.74, 6) is 2.75. The van der Waals surface area contributed by atoms with Crippen LogP contribution in [0.15, 0.2) is 91.0 Å². The third kappa shape index (κ3) is 7.77. The lowest BCUT2D eigenvalue weighted by Crippen LogP contribution is -2.40. The van der Waals surface area contributed by atoms with E-state index in [0.717, 1.165) is 39.5 Å². The highest BCUT2D eigenvalue weighted by Gasteiger charge is 2.33. The molecule has 8 bridgehead atoms. The maximum Gasteiger partial charge on any atom is 0.254 e.